The van der Waals surface area contributed by atoms with Crippen molar-refractivity contribution in [1.82, 2.24) is 5.32 Å². The number of nitrogens with one attached hydrogen (secondary N) is 1. The first-order valence-electron chi connectivity index (χ1n) is 7.83. The van der Waals surface area contributed by atoms with Crippen LogP contribution >= 0.6 is 11.6 Å². The van der Waals surface area contributed by atoms with E-state index in [4.69, 9.17) is 16.3 Å². The lowest BCUT2D eigenvalue weighted by atomic mass is 9.48. The van der Waals surface area contributed by atoms with Crippen LogP contribution in [-0.4, -0.2) is 26.3 Å². The van der Waals surface area contributed by atoms with Crippen LogP contribution in [0.15, 0.2) is 18.2 Å². The van der Waals surface area contributed by atoms with Crippen LogP contribution in [0.4, 0.5) is 4.39 Å². The van der Waals surface area contributed by atoms with Crippen LogP contribution in [0.1, 0.15) is 38.2 Å². The Labute approximate surface area is 131 Å². The fourth-order valence-electron chi connectivity index (χ4n) is 4.24. The minimum Gasteiger partial charge on any atom is -0.381 e. The van der Waals surface area contributed by atoms with E-state index in [9.17, 15) is 4.39 Å². The van der Waals surface area contributed by atoms with Gasteiger partial charge in [0.15, 0.2) is 0 Å². The van der Waals surface area contributed by atoms with Crippen LogP contribution in [0.2, 0.25) is 5.02 Å². The highest BCUT2D eigenvalue weighted by molar-refractivity contribution is 6.31. The highest BCUT2D eigenvalue weighted by Crippen LogP contribution is 2.60. The van der Waals surface area contributed by atoms with E-state index >= 15 is 0 Å². The zero-order chi connectivity index (χ0) is 14.9. The molecule has 1 N–H and O–H groups in total. The van der Waals surface area contributed by atoms with Crippen LogP contribution in [0.5, 0.6) is 0 Å². The van der Waals surface area contributed by atoms with Gasteiger partial charge in [0.1, 0.15) is 5.82 Å². The molecule has 1 aliphatic carbocycles. The number of ether oxygens (including phenoxy) is 1. The largest absolute Gasteiger partial charge is 0.381 e. The van der Waals surface area contributed by atoms with E-state index in [1.165, 1.54) is 12.1 Å². The molecule has 0 unspecified atom stereocenters. The first-order valence-corrected chi connectivity index (χ1v) is 8.21. The Morgan fingerprint density at radius 1 is 1.29 bits per heavy atom. The van der Waals surface area contributed by atoms with E-state index in [1.54, 1.807) is 0 Å². The van der Waals surface area contributed by atoms with Gasteiger partial charge in [0.05, 0.1) is 0 Å². The molecule has 0 radical (unpaired) electrons. The van der Waals surface area contributed by atoms with E-state index in [1.807, 2.05) is 6.07 Å². The minimum absolute atomic E-state index is 0.0537. The van der Waals surface area contributed by atoms with Crippen LogP contribution in [0.25, 0.3) is 0 Å². The second-order valence-corrected chi connectivity index (χ2v) is 7.06. The molecule has 1 saturated heterocycles. The fraction of sp³-hybridized carbons (Fsp3) is 0.647. The predicted octanol–water partition coefficient (Wildman–Crippen LogP) is 3.92. The fourth-order valence-corrected chi connectivity index (χ4v) is 4.60. The lowest BCUT2D eigenvalue weighted by molar-refractivity contribution is -0.0735. The molecule has 0 amide bonds. The molecule has 1 aromatic rings. The van der Waals surface area contributed by atoms with Crippen molar-refractivity contribution in [2.24, 2.45) is 5.41 Å². The third-order valence-electron chi connectivity index (χ3n) is 5.20. The summed E-state index contributed by atoms with van der Waals surface area (Å²) in [4.78, 5) is 0. The third-order valence-corrected chi connectivity index (χ3v) is 5.51. The summed E-state index contributed by atoms with van der Waals surface area (Å²) >= 11 is 6.34. The number of likely N-dealkylation sites (N-methyl/N-ethyl adjacent to an activating group) is 1. The lowest BCUT2D eigenvalue weighted by Gasteiger charge is -2.58. The predicted molar refractivity (Wildman–Crippen MR) is 83.4 cm³/mol. The highest BCUT2D eigenvalue weighted by Gasteiger charge is 2.55. The topological polar surface area (TPSA) is 21.3 Å². The monoisotopic (exact) mass is 311 g/mol. The summed E-state index contributed by atoms with van der Waals surface area (Å²) in [6, 6.07) is 4.85. The summed E-state index contributed by atoms with van der Waals surface area (Å²) in [5.74, 6) is -0.262. The van der Waals surface area contributed by atoms with Crippen LogP contribution in [-0.2, 0) is 10.2 Å². The first-order chi connectivity index (χ1) is 10.1. The number of halogens is 2. The van der Waals surface area contributed by atoms with Gasteiger partial charge in [-0.3, -0.25) is 0 Å². The SMILES string of the molecule is CCNCC1(c2ccc(F)cc2Cl)CC2(CCOCC2)C1. The third kappa shape index (κ3) is 2.84. The Balaban J connectivity index is 1.85. The molecular weight excluding hydrogens is 289 g/mol. The molecule has 2 fully saturated rings. The van der Waals surface area contributed by atoms with Gasteiger partial charge in [0.25, 0.3) is 0 Å². The molecule has 2 nitrogen and oxygen atoms in total. The molecule has 1 heterocycles. The van der Waals surface area contributed by atoms with Gasteiger partial charge in [-0.25, -0.2) is 4.39 Å². The van der Waals surface area contributed by atoms with Crippen molar-refractivity contribution in [3.05, 3.63) is 34.6 Å². The molecular formula is C17H23ClFNO. The molecule has 1 aromatic carbocycles. The lowest BCUT2D eigenvalue weighted by Crippen LogP contribution is -2.56. The maximum Gasteiger partial charge on any atom is 0.124 e. The maximum atomic E-state index is 13.3. The van der Waals surface area contributed by atoms with Crippen LogP contribution < -0.4 is 5.32 Å². The Kier molecular flexibility index (Phi) is 4.26. The Morgan fingerprint density at radius 2 is 2.00 bits per heavy atom. The van der Waals surface area contributed by atoms with Gasteiger partial charge in [-0.1, -0.05) is 24.6 Å². The quantitative estimate of drug-likeness (QED) is 0.910. The van der Waals surface area contributed by atoms with Gasteiger partial charge in [-0.15, -0.1) is 0 Å². The summed E-state index contributed by atoms with van der Waals surface area (Å²) < 4.78 is 18.8. The van der Waals surface area contributed by atoms with Crippen molar-refractivity contribution < 1.29 is 9.13 Å². The Bertz CT molecular complexity index is 506. The molecule has 4 heteroatoms. The van der Waals surface area contributed by atoms with Crippen LogP contribution in [0.3, 0.4) is 0 Å². The molecule has 21 heavy (non-hydrogen) atoms. The van der Waals surface area contributed by atoms with Crippen molar-refractivity contribution in [2.75, 3.05) is 26.3 Å². The van der Waals surface area contributed by atoms with E-state index in [0.29, 0.717) is 10.4 Å². The van der Waals surface area contributed by atoms with Gasteiger partial charge in [-0.05, 0) is 55.3 Å². The zero-order valence-corrected chi connectivity index (χ0v) is 13.3. The smallest absolute Gasteiger partial charge is 0.124 e. The van der Waals surface area contributed by atoms with Gasteiger partial charge < -0.3 is 10.1 Å². The number of hydrogen-bond donors (Lipinski definition) is 1. The first kappa shape index (κ1) is 15.3. The molecule has 1 aliphatic heterocycles. The van der Waals surface area contributed by atoms with Gasteiger partial charge in [0.2, 0.25) is 0 Å². The molecule has 3 rings (SSSR count). The van der Waals surface area contributed by atoms with Crippen LogP contribution in [0, 0.1) is 11.2 Å². The van der Waals surface area contributed by atoms with Gasteiger partial charge in [0, 0.05) is 30.2 Å². The molecule has 1 spiro atoms. The van der Waals surface area contributed by atoms with Crippen molar-refractivity contribution in [3.63, 3.8) is 0 Å². The van der Waals surface area contributed by atoms with E-state index < -0.39 is 0 Å². The molecule has 2 aliphatic rings. The summed E-state index contributed by atoms with van der Waals surface area (Å²) in [5, 5.41) is 4.03. The summed E-state index contributed by atoms with van der Waals surface area (Å²) in [6.07, 6.45) is 4.53. The molecule has 0 aromatic heterocycles. The normalized spacial score (nSPS) is 23.0. The average Bonchev–Trinajstić information content (AvgIpc) is 2.44. The van der Waals surface area contributed by atoms with Crippen molar-refractivity contribution >= 4 is 11.6 Å². The number of benzene rings is 1. The van der Waals surface area contributed by atoms with Crippen molar-refractivity contribution in [1.29, 1.82) is 0 Å². The summed E-state index contributed by atoms with van der Waals surface area (Å²) in [6.45, 7) is 5.71. The minimum atomic E-state index is -0.262. The molecule has 0 atom stereocenters. The molecule has 1 saturated carbocycles. The van der Waals surface area contributed by atoms with E-state index in [2.05, 4.69) is 12.2 Å². The molecule has 116 valence electrons. The zero-order valence-electron chi connectivity index (χ0n) is 12.6. The second kappa shape index (κ2) is 5.86. The Hall–Kier alpha value is -0.640. The number of rotatable bonds is 4. The highest BCUT2D eigenvalue weighted by atomic mass is 35.5. The van der Waals surface area contributed by atoms with Gasteiger partial charge >= 0.3 is 0 Å². The summed E-state index contributed by atoms with van der Waals surface area (Å²) in [7, 11) is 0. The maximum absolute atomic E-state index is 13.3. The Morgan fingerprint density at radius 3 is 2.62 bits per heavy atom. The summed E-state index contributed by atoms with van der Waals surface area (Å²) in [5.41, 5.74) is 1.56. The average molecular weight is 312 g/mol. The van der Waals surface area contributed by atoms with Gasteiger partial charge in [-0.2, -0.15) is 0 Å². The second-order valence-electron chi connectivity index (χ2n) is 6.65. The molecule has 0 bridgehead atoms. The van der Waals surface area contributed by atoms with E-state index in [-0.39, 0.29) is 11.2 Å². The van der Waals surface area contributed by atoms with Crippen molar-refractivity contribution in [3.8, 4) is 0 Å². The standard InChI is InChI=1S/C17H23ClFNO/c1-2-20-12-17(14-4-3-13(19)9-15(14)18)10-16(11-17)5-7-21-8-6-16/h3-4,9,20H,2,5-8,10-12H2,1H3. The van der Waals surface area contributed by atoms with Crippen molar-refractivity contribution in [2.45, 2.75) is 38.0 Å². The van der Waals surface area contributed by atoms with E-state index in [0.717, 1.165) is 57.6 Å². The number of hydrogen-bond acceptors (Lipinski definition) is 2.